The molecule has 1 aromatic heterocycles. The molecule has 0 aliphatic carbocycles. The molecule has 134 valence electrons. The van der Waals surface area contributed by atoms with Crippen LogP contribution in [-0.2, 0) is 16.6 Å². The van der Waals surface area contributed by atoms with E-state index in [1.165, 1.54) is 6.07 Å². The van der Waals surface area contributed by atoms with E-state index in [0.29, 0.717) is 5.02 Å². The minimum atomic E-state index is -3.73. The number of halogens is 1. The van der Waals surface area contributed by atoms with Gasteiger partial charge in [-0.2, -0.15) is 0 Å². The molecule has 0 aliphatic heterocycles. The highest BCUT2D eigenvalue weighted by molar-refractivity contribution is 7.94. The lowest BCUT2D eigenvalue weighted by molar-refractivity contribution is 0.0952. The largest absolute Gasteiger partial charge is 0.348 e. The Bertz CT molecular complexity index is 1020. The first kappa shape index (κ1) is 18.4. The lowest BCUT2D eigenvalue weighted by Crippen LogP contribution is -2.24. The molecule has 5 nitrogen and oxygen atoms in total. The molecule has 0 spiro atoms. The van der Waals surface area contributed by atoms with Gasteiger partial charge in [-0.15, -0.1) is 11.3 Å². The highest BCUT2D eigenvalue weighted by atomic mass is 35.5. The summed E-state index contributed by atoms with van der Waals surface area (Å²) in [7, 11) is -3.73. The molecule has 0 saturated heterocycles. The van der Waals surface area contributed by atoms with Gasteiger partial charge in [0.15, 0.2) is 0 Å². The van der Waals surface area contributed by atoms with Crippen molar-refractivity contribution >= 4 is 44.6 Å². The van der Waals surface area contributed by atoms with Crippen molar-refractivity contribution in [1.82, 2.24) is 5.32 Å². The van der Waals surface area contributed by atoms with E-state index in [9.17, 15) is 13.2 Å². The van der Waals surface area contributed by atoms with E-state index in [1.807, 2.05) is 6.07 Å². The van der Waals surface area contributed by atoms with Crippen LogP contribution in [0.4, 0.5) is 5.69 Å². The topological polar surface area (TPSA) is 75.3 Å². The molecule has 0 saturated carbocycles. The number of hydrogen-bond acceptors (Lipinski definition) is 4. The Kier molecular flexibility index (Phi) is 5.61. The molecule has 2 N–H and O–H groups in total. The molecule has 1 heterocycles. The number of carbonyl (C=O) groups excluding carboxylic acids is 1. The Morgan fingerprint density at radius 3 is 2.58 bits per heavy atom. The summed E-state index contributed by atoms with van der Waals surface area (Å²) in [6.07, 6.45) is 0. The zero-order valence-electron chi connectivity index (χ0n) is 13.5. The molecule has 0 aliphatic rings. The van der Waals surface area contributed by atoms with Crippen molar-refractivity contribution in [1.29, 1.82) is 0 Å². The van der Waals surface area contributed by atoms with Gasteiger partial charge in [0.2, 0.25) is 0 Å². The summed E-state index contributed by atoms with van der Waals surface area (Å²) in [5.74, 6) is -0.380. The van der Waals surface area contributed by atoms with Crippen molar-refractivity contribution in [3.05, 3.63) is 82.2 Å². The second kappa shape index (κ2) is 7.90. The number of sulfonamides is 1. The number of hydrogen-bond donors (Lipinski definition) is 2. The number of anilines is 1. The number of amides is 1. The fourth-order valence-electron chi connectivity index (χ4n) is 2.31. The van der Waals surface area contributed by atoms with Crippen LogP contribution in [0.2, 0.25) is 5.02 Å². The van der Waals surface area contributed by atoms with Gasteiger partial charge in [-0.3, -0.25) is 9.52 Å². The maximum atomic E-state index is 12.5. The van der Waals surface area contributed by atoms with E-state index >= 15 is 0 Å². The molecule has 26 heavy (non-hydrogen) atoms. The van der Waals surface area contributed by atoms with Gasteiger partial charge < -0.3 is 5.32 Å². The van der Waals surface area contributed by atoms with Gasteiger partial charge in [0, 0.05) is 11.6 Å². The summed E-state index contributed by atoms with van der Waals surface area (Å²) in [5.41, 5.74) is 1.32. The minimum Gasteiger partial charge on any atom is -0.348 e. The normalized spacial score (nSPS) is 11.1. The van der Waals surface area contributed by atoms with Crippen LogP contribution in [0.25, 0.3) is 0 Å². The molecule has 3 rings (SSSR count). The SMILES string of the molecule is O=C(NCc1cccc(Cl)c1)c1ccccc1NS(=O)(=O)c1cccs1. The van der Waals surface area contributed by atoms with Crippen LogP contribution in [0.5, 0.6) is 0 Å². The standard InChI is InChI=1S/C18H15ClN2O3S2/c19-14-6-3-5-13(11-14)12-20-18(22)15-7-1-2-8-16(15)21-26(23,24)17-9-4-10-25-17/h1-11,21H,12H2,(H,20,22). The number of benzene rings is 2. The first-order valence-electron chi connectivity index (χ1n) is 7.64. The molecule has 0 unspecified atom stereocenters. The van der Waals surface area contributed by atoms with Crippen molar-refractivity contribution in [2.75, 3.05) is 4.72 Å². The van der Waals surface area contributed by atoms with E-state index < -0.39 is 10.0 Å². The first-order valence-corrected chi connectivity index (χ1v) is 10.4. The Hall–Kier alpha value is -2.35. The Morgan fingerprint density at radius 1 is 1.04 bits per heavy atom. The maximum absolute atomic E-state index is 12.5. The van der Waals surface area contributed by atoms with Gasteiger partial charge in [-0.25, -0.2) is 8.42 Å². The van der Waals surface area contributed by atoms with Gasteiger partial charge in [-0.1, -0.05) is 41.9 Å². The van der Waals surface area contributed by atoms with Crippen LogP contribution in [-0.4, -0.2) is 14.3 Å². The summed E-state index contributed by atoms with van der Waals surface area (Å²) in [5, 5.41) is 5.04. The molecule has 0 bridgehead atoms. The quantitative estimate of drug-likeness (QED) is 0.646. The van der Waals surface area contributed by atoms with Crippen molar-refractivity contribution in [2.24, 2.45) is 0 Å². The van der Waals surface area contributed by atoms with Crippen LogP contribution >= 0.6 is 22.9 Å². The molecule has 1 amide bonds. The summed E-state index contributed by atoms with van der Waals surface area (Å²) in [6.45, 7) is 0.283. The van der Waals surface area contributed by atoms with Crippen LogP contribution in [0.15, 0.2) is 70.3 Å². The van der Waals surface area contributed by atoms with Crippen LogP contribution < -0.4 is 10.0 Å². The van der Waals surface area contributed by atoms with Crippen molar-refractivity contribution in [3.63, 3.8) is 0 Å². The smallest absolute Gasteiger partial charge is 0.271 e. The number of rotatable bonds is 6. The highest BCUT2D eigenvalue weighted by Crippen LogP contribution is 2.23. The van der Waals surface area contributed by atoms with E-state index in [1.54, 1.807) is 53.9 Å². The molecule has 3 aromatic rings. The zero-order valence-corrected chi connectivity index (χ0v) is 15.9. The maximum Gasteiger partial charge on any atom is 0.271 e. The highest BCUT2D eigenvalue weighted by Gasteiger charge is 2.19. The summed E-state index contributed by atoms with van der Waals surface area (Å²) in [4.78, 5) is 12.5. The van der Waals surface area contributed by atoms with E-state index in [2.05, 4.69) is 10.0 Å². The fraction of sp³-hybridized carbons (Fsp3) is 0.0556. The predicted octanol–water partition coefficient (Wildman–Crippen LogP) is 4.13. The van der Waals surface area contributed by atoms with Crippen LogP contribution in [0.1, 0.15) is 15.9 Å². The average Bonchev–Trinajstić information content (AvgIpc) is 3.16. The average molecular weight is 407 g/mol. The van der Waals surface area contributed by atoms with Crippen molar-refractivity contribution in [3.8, 4) is 0 Å². The monoisotopic (exact) mass is 406 g/mol. The third-order valence-corrected chi connectivity index (χ3v) is 6.52. The van der Waals surface area contributed by atoms with Crippen molar-refractivity contribution in [2.45, 2.75) is 10.8 Å². The van der Waals surface area contributed by atoms with Gasteiger partial charge in [0.25, 0.3) is 15.9 Å². The first-order chi connectivity index (χ1) is 12.5. The molecular weight excluding hydrogens is 392 g/mol. The lowest BCUT2D eigenvalue weighted by Gasteiger charge is -2.12. The summed E-state index contributed by atoms with van der Waals surface area (Å²) < 4.78 is 27.5. The van der Waals surface area contributed by atoms with Gasteiger partial charge in [0.05, 0.1) is 11.3 Å². The Morgan fingerprint density at radius 2 is 1.85 bits per heavy atom. The molecule has 2 aromatic carbocycles. The second-order valence-corrected chi connectivity index (χ2v) is 8.69. The summed E-state index contributed by atoms with van der Waals surface area (Å²) >= 11 is 7.04. The van der Waals surface area contributed by atoms with Crippen LogP contribution in [0.3, 0.4) is 0 Å². The van der Waals surface area contributed by atoms with Gasteiger partial charge in [0.1, 0.15) is 4.21 Å². The predicted molar refractivity (Wildman–Crippen MR) is 104 cm³/mol. The molecule has 0 radical (unpaired) electrons. The third-order valence-electron chi connectivity index (χ3n) is 3.52. The number of para-hydroxylation sites is 1. The van der Waals surface area contributed by atoms with E-state index in [-0.39, 0.29) is 27.9 Å². The van der Waals surface area contributed by atoms with E-state index in [4.69, 9.17) is 11.6 Å². The zero-order chi connectivity index (χ0) is 18.6. The molecule has 0 fully saturated rings. The minimum absolute atomic E-state index is 0.187. The third kappa shape index (κ3) is 4.43. The van der Waals surface area contributed by atoms with Crippen molar-refractivity contribution < 1.29 is 13.2 Å². The molecular formula is C18H15ClN2O3S2. The Labute approximate surface area is 160 Å². The summed E-state index contributed by atoms with van der Waals surface area (Å²) in [6, 6.07) is 16.8. The van der Waals surface area contributed by atoms with Gasteiger partial charge >= 0.3 is 0 Å². The van der Waals surface area contributed by atoms with Crippen LogP contribution in [0, 0.1) is 0 Å². The fourth-order valence-corrected chi connectivity index (χ4v) is 4.59. The molecule has 0 atom stereocenters. The number of nitrogens with one attached hydrogen (secondary N) is 2. The lowest BCUT2D eigenvalue weighted by atomic mass is 10.1. The number of thiophene rings is 1. The second-order valence-electron chi connectivity index (χ2n) is 5.40. The Balaban J connectivity index is 1.77. The molecule has 8 heteroatoms. The number of carbonyl (C=O) groups is 1. The van der Waals surface area contributed by atoms with E-state index in [0.717, 1.165) is 16.9 Å². The van der Waals surface area contributed by atoms with Gasteiger partial charge in [-0.05, 0) is 41.3 Å².